The number of anilines is 1. The quantitative estimate of drug-likeness (QED) is 0.522. The van der Waals surface area contributed by atoms with Crippen LogP contribution in [0.25, 0.3) is 0 Å². The van der Waals surface area contributed by atoms with E-state index in [0.29, 0.717) is 35.5 Å². The molecule has 0 aliphatic heterocycles. The van der Waals surface area contributed by atoms with Crippen molar-refractivity contribution >= 4 is 23.3 Å². The molecule has 0 fully saturated rings. The second-order valence-corrected chi connectivity index (χ2v) is 7.31. The number of halogens is 1. The summed E-state index contributed by atoms with van der Waals surface area (Å²) in [5.41, 5.74) is 1.43. The van der Waals surface area contributed by atoms with Gasteiger partial charge in [0.05, 0.1) is 13.2 Å². The molecule has 4 nitrogen and oxygen atoms in total. The van der Waals surface area contributed by atoms with Gasteiger partial charge in [0.1, 0.15) is 11.6 Å². The van der Waals surface area contributed by atoms with Crippen molar-refractivity contribution < 1.29 is 9.53 Å². The number of carbonyl (C=O) groups excluding carboxylic acids is 1. The van der Waals surface area contributed by atoms with Crippen molar-refractivity contribution in [3.8, 4) is 5.75 Å². The highest BCUT2D eigenvalue weighted by molar-refractivity contribution is 6.31. The third kappa shape index (κ3) is 5.11. The van der Waals surface area contributed by atoms with Gasteiger partial charge >= 0.3 is 0 Å². The Hall–Kier alpha value is -2.85. The maximum absolute atomic E-state index is 13.2. The van der Waals surface area contributed by atoms with E-state index in [1.165, 1.54) is 0 Å². The topological polar surface area (TPSA) is 42.4 Å². The van der Waals surface area contributed by atoms with Gasteiger partial charge in [-0.05, 0) is 53.9 Å². The van der Waals surface area contributed by atoms with Crippen LogP contribution in [0, 0.1) is 5.92 Å². The highest BCUT2D eigenvalue weighted by Gasteiger charge is 2.20. The molecule has 0 atom stereocenters. The van der Waals surface area contributed by atoms with E-state index in [9.17, 15) is 4.79 Å². The highest BCUT2D eigenvalue weighted by Crippen LogP contribution is 2.23. The number of pyridine rings is 1. The SMILES string of the molecule is CC(C)COc1ccc(C(=O)N(Cc2ccccc2Cl)c2ccccn2)cc1. The lowest BCUT2D eigenvalue weighted by atomic mass is 10.1. The molecule has 0 radical (unpaired) electrons. The zero-order valence-electron chi connectivity index (χ0n) is 16.0. The third-order valence-corrected chi connectivity index (χ3v) is 4.51. The Labute approximate surface area is 170 Å². The molecule has 0 saturated carbocycles. The number of amides is 1. The molecule has 0 saturated heterocycles. The van der Waals surface area contributed by atoms with Crippen LogP contribution in [0.4, 0.5) is 5.82 Å². The van der Waals surface area contributed by atoms with Gasteiger partial charge in [-0.2, -0.15) is 0 Å². The van der Waals surface area contributed by atoms with E-state index in [1.807, 2.05) is 54.6 Å². The van der Waals surface area contributed by atoms with Crippen molar-refractivity contribution in [1.82, 2.24) is 4.98 Å². The van der Waals surface area contributed by atoms with Crippen molar-refractivity contribution in [2.24, 2.45) is 5.92 Å². The largest absolute Gasteiger partial charge is 0.493 e. The normalized spacial score (nSPS) is 10.7. The lowest BCUT2D eigenvalue weighted by Crippen LogP contribution is -2.31. The number of carbonyl (C=O) groups is 1. The van der Waals surface area contributed by atoms with Gasteiger partial charge in [0.25, 0.3) is 5.91 Å². The van der Waals surface area contributed by atoms with E-state index in [-0.39, 0.29) is 5.91 Å². The fraction of sp³-hybridized carbons (Fsp3) is 0.217. The van der Waals surface area contributed by atoms with Crippen LogP contribution >= 0.6 is 11.6 Å². The predicted molar refractivity (Wildman–Crippen MR) is 113 cm³/mol. The van der Waals surface area contributed by atoms with Crippen LogP contribution in [0.15, 0.2) is 72.9 Å². The van der Waals surface area contributed by atoms with Crippen molar-refractivity contribution in [3.63, 3.8) is 0 Å². The van der Waals surface area contributed by atoms with E-state index < -0.39 is 0 Å². The standard InChI is InChI=1S/C23H23ClN2O2/c1-17(2)16-28-20-12-10-18(11-13-20)23(27)26(22-9-5-6-14-25-22)15-19-7-3-4-8-21(19)24/h3-14,17H,15-16H2,1-2H3. The Morgan fingerprint density at radius 1 is 1.04 bits per heavy atom. The van der Waals surface area contributed by atoms with Gasteiger partial charge in [-0.15, -0.1) is 0 Å². The number of nitrogens with zero attached hydrogens (tertiary/aromatic N) is 2. The molecule has 3 aromatic rings. The fourth-order valence-electron chi connectivity index (χ4n) is 2.68. The Kier molecular flexibility index (Phi) is 6.66. The van der Waals surface area contributed by atoms with Crippen LogP contribution in [-0.2, 0) is 6.54 Å². The van der Waals surface area contributed by atoms with Crippen LogP contribution in [0.3, 0.4) is 0 Å². The second kappa shape index (κ2) is 9.38. The van der Waals surface area contributed by atoms with Gasteiger partial charge in [0, 0.05) is 16.8 Å². The number of hydrogen-bond acceptors (Lipinski definition) is 3. The summed E-state index contributed by atoms with van der Waals surface area (Å²) in [4.78, 5) is 19.2. The minimum absolute atomic E-state index is 0.144. The summed E-state index contributed by atoms with van der Waals surface area (Å²) >= 11 is 6.31. The smallest absolute Gasteiger partial charge is 0.259 e. The van der Waals surface area contributed by atoms with Crippen molar-refractivity contribution in [3.05, 3.63) is 89.1 Å². The van der Waals surface area contributed by atoms with Gasteiger partial charge < -0.3 is 4.74 Å². The van der Waals surface area contributed by atoms with Gasteiger partial charge in [-0.25, -0.2) is 4.98 Å². The Bertz CT molecular complexity index is 911. The average Bonchev–Trinajstić information content (AvgIpc) is 2.72. The van der Waals surface area contributed by atoms with Crippen molar-refractivity contribution in [2.45, 2.75) is 20.4 Å². The molecule has 0 unspecified atom stereocenters. The molecule has 2 aromatic carbocycles. The van der Waals surface area contributed by atoms with Crippen molar-refractivity contribution in [2.75, 3.05) is 11.5 Å². The number of aromatic nitrogens is 1. The zero-order chi connectivity index (χ0) is 19.9. The molecule has 0 aliphatic carbocycles. The van der Waals surface area contributed by atoms with Crippen LogP contribution in [0.5, 0.6) is 5.75 Å². The fourth-order valence-corrected chi connectivity index (χ4v) is 2.88. The summed E-state index contributed by atoms with van der Waals surface area (Å²) in [7, 11) is 0. The molecule has 0 spiro atoms. The molecule has 0 bridgehead atoms. The van der Waals surface area contributed by atoms with E-state index in [0.717, 1.165) is 11.3 Å². The lowest BCUT2D eigenvalue weighted by molar-refractivity contribution is 0.0984. The van der Waals surface area contributed by atoms with Crippen molar-refractivity contribution in [1.29, 1.82) is 0 Å². The monoisotopic (exact) mass is 394 g/mol. The Balaban J connectivity index is 1.85. The summed E-state index contributed by atoms with van der Waals surface area (Å²) in [6, 6.07) is 20.2. The highest BCUT2D eigenvalue weighted by atomic mass is 35.5. The molecule has 1 amide bonds. The van der Waals surface area contributed by atoms with Gasteiger partial charge in [0.2, 0.25) is 0 Å². The predicted octanol–water partition coefficient (Wildman–Crippen LogP) is 5.62. The van der Waals surface area contributed by atoms with Crippen LogP contribution in [-0.4, -0.2) is 17.5 Å². The first-order chi connectivity index (χ1) is 13.5. The van der Waals surface area contributed by atoms with E-state index in [4.69, 9.17) is 16.3 Å². The molecule has 28 heavy (non-hydrogen) atoms. The van der Waals surface area contributed by atoms with Gasteiger partial charge in [0.15, 0.2) is 0 Å². The first-order valence-electron chi connectivity index (χ1n) is 9.24. The van der Waals surface area contributed by atoms with Crippen LogP contribution < -0.4 is 9.64 Å². The number of benzene rings is 2. The molecule has 1 aromatic heterocycles. The Morgan fingerprint density at radius 3 is 2.39 bits per heavy atom. The van der Waals surface area contributed by atoms with Gasteiger partial charge in [-0.3, -0.25) is 9.69 Å². The molecule has 1 heterocycles. The molecule has 5 heteroatoms. The molecule has 3 rings (SSSR count). The average molecular weight is 395 g/mol. The number of ether oxygens (including phenoxy) is 1. The van der Waals surface area contributed by atoms with E-state index in [1.54, 1.807) is 23.2 Å². The summed E-state index contributed by atoms with van der Waals surface area (Å²) in [6.07, 6.45) is 1.67. The minimum Gasteiger partial charge on any atom is -0.493 e. The number of hydrogen-bond donors (Lipinski definition) is 0. The summed E-state index contributed by atoms with van der Waals surface area (Å²) < 4.78 is 5.70. The first-order valence-corrected chi connectivity index (χ1v) is 9.61. The van der Waals surface area contributed by atoms with E-state index in [2.05, 4.69) is 18.8 Å². The molecule has 0 aliphatic rings. The first kappa shape index (κ1) is 19.9. The zero-order valence-corrected chi connectivity index (χ0v) is 16.8. The molecule has 0 N–H and O–H groups in total. The second-order valence-electron chi connectivity index (χ2n) is 6.90. The minimum atomic E-state index is -0.144. The van der Waals surface area contributed by atoms with E-state index >= 15 is 0 Å². The molecular formula is C23H23ClN2O2. The Morgan fingerprint density at radius 2 is 1.75 bits per heavy atom. The number of rotatable bonds is 7. The van der Waals surface area contributed by atoms with Crippen LogP contribution in [0.2, 0.25) is 5.02 Å². The summed E-state index contributed by atoms with van der Waals surface area (Å²) in [6.45, 7) is 5.16. The summed E-state index contributed by atoms with van der Waals surface area (Å²) in [5, 5.41) is 0.619. The maximum Gasteiger partial charge on any atom is 0.259 e. The van der Waals surface area contributed by atoms with Crippen LogP contribution in [0.1, 0.15) is 29.8 Å². The lowest BCUT2D eigenvalue weighted by Gasteiger charge is -2.22. The summed E-state index contributed by atoms with van der Waals surface area (Å²) in [5.74, 6) is 1.62. The maximum atomic E-state index is 13.2. The molecule has 144 valence electrons. The third-order valence-electron chi connectivity index (χ3n) is 4.14. The molecular weight excluding hydrogens is 372 g/mol. The van der Waals surface area contributed by atoms with Gasteiger partial charge in [-0.1, -0.05) is 49.7 Å².